The van der Waals surface area contributed by atoms with Crippen molar-refractivity contribution >= 4 is 11.8 Å². The van der Waals surface area contributed by atoms with E-state index >= 15 is 0 Å². The summed E-state index contributed by atoms with van der Waals surface area (Å²) in [6.45, 7) is 6.36. The van der Waals surface area contributed by atoms with Crippen LogP contribution in [0.25, 0.3) is 0 Å². The van der Waals surface area contributed by atoms with Crippen molar-refractivity contribution in [1.82, 2.24) is 4.90 Å². The van der Waals surface area contributed by atoms with Crippen molar-refractivity contribution in [2.45, 2.75) is 45.0 Å². The van der Waals surface area contributed by atoms with Crippen LogP contribution in [0.3, 0.4) is 0 Å². The zero-order valence-corrected chi connectivity index (χ0v) is 14.4. The summed E-state index contributed by atoms with van der Waals surface area (Å²) in [5, 5.41) is 0. The normalized spacial score (nSPS) is 18.6. The van der Waals surface area contributed by atoms with E-state index in [1.54, 1.807) is 43.7 Å². The first kappa shape index (κ1) is 18.4. The van der Waals surface area contributed by atoms with Crippen LogP contribution in [0, 0.1) is 0 Å². The summed E-state index contributed by atoms with van der Waals surface area (Å²) in [7, 11) is 1.75. The van der Waals surface area contributed by atoms with E-state index in [1.165, 1.54) is 6.07 Å². The Morgan fingerprint density at radius 1 is 1.29 bits per heavy atom. The van der Waals surface area contributed by atoms with Gasteiger partial charge in [-0.1, -0.05) is 6.07 Å². The Balaban J connectivity index is 2.04. The Morgan fingerprint density at radius 2 is 1.96 bits per heavy atom. The van der Waals surface area contributed by atoms with Gasteiger partial charge < -0.3 is 14.5 Å². The molecule has 0 spiro atoms. The summed E-state index contributed by atoms with van der Waals surface area (Å²) < 4.78 is 43.9. The number of likely N-dealkylation sites (N-methyl/N-ethyl adjacent to an activating group) is 1. The van der Waals surface area contributed by atoms with E-state index in [0.29, 0.717) is 25.2 Å². The molecule has 4 nitrogen and oxygen atoms in total. The number of nitrogens with zero attached hydrogens (tertiary/aromatic N) is 2. The van der Waals surface area contributed by atoms with E-state index in [9.17, 15) is 18.0 Å². The standard InChI is InChI=1S/C17H23F3N2O2/c1-16(2,3)24-15(23)22-9-8-14(11-22)21(4)13-7-5-6-12(10-13)17(18,19)20/h5-7,10,14H,8-9,11H2,1-4H3/t14-/m0/s1. The summed E-state index contributed by atoms with van der Waals surface area (Å²) >= 11 is 0. The molecule has 1 fully saturated rings. The minimum atomic E-state index is -4.37. The topological polar surface area (TPSA) is 32.8 Å². The maximum absolute atomic E-state index is 12.8. The summed E-state index contributed by atoms with van der Waals surface area (Å²) in [6, 6.07) is 5.19. The van der Waals surface area contributed by atoms with Crippen LogP contribution < -0.4 is 4.90 Å². The zero-order chi connectivity index (χ0) is 18.1. The number of hydrogen-bond acceptors (Lipinski definition) is 3. The molecule has 1 heterocycles. The average molecular weight is 344 g/mol. The Kier molecular flexibility index (Phi) is 5.01. The van der Waals surface area contributed by atoms with Gasteiger partial charge in [-0.15, -0.1) is 0 Å². The third-order valence-electron chi connectivity index (χ3n) is 3.94. The van der Waals surface area contributed by atoms with E-state index in [4.69, 9.17) is 4.74 Å². The number of halogens is 3. The lowest BCUT2D eigenvalue weighted by Gasteiger charge is -2.28. The van der Waals surface area contributed by atoms with Gasteiger partial charge in [0.25, 0.3) is 0 Å². The van der Waals surface area contributed by atoms with Gasteiger partial charge in [-0.05, 0) is 45.4 Å². The second kappa shape index (κ2) is 6.53. The summed E-state index contributed by atoms with van der Waals surface area (Å²) in [4.78, 5) is 15.5. The van der Waals surface area contributed by atoms with Crippen LogP contribution in [0.4, 0.5) is 23.7 Å². The molecule has 2 rings (SSSR count). The number of carbonyl (C=O) groups excluding carboxylic acids is 1. The quantitative estimate of drug-likeness (QED) is 0.808. The first-order valence-corrected chi connectivity index (χ1v) is 7.85. The molecule has 0 N–H and O–H groups in total. The fourth-order valence-corrected chi connectivity index (χ4v) is 2.66. The van der Waals surface area contributed by atoms with Crippen LogP contribution in [0.15, 0.2) is 24.3 Å². The molecule has 1 aliphatic heterocycles. The van der Waals surface area contributed by atoms with Crippen molar-refractivity contribution in [3.63, 3.8) is 0 Å². The lowest BCUT2D eigenvalue weighted by molar-refractivity contribution is -0.137. The minimum absolute atomic E-state index is 0.0407. The van der Waals surface area contributed by atoms with Gasteiger partial charge in [0.1, 0.15) is 5.60 Å². The van der Waals surface area contributed by atoms with E-state index in [2.05, 4.69) is 0 Å². The predicted octanol–water partition coefficient (Wildman–Crippen LogP) is 4.15. The van der Waals surface area contributed by atoms with Gasteiger partial charge in [-0.3, -0.25) is 0 Å². The van der Waals surface area contributed by atoms with Gasteiger partial charge in [-0.25, -0.2) is 4.79 Å². The van der Waals surface area contributed by atoms with Crippen LogP contribution in [-0.4, -0.2) is 42.8 Å². The molecule has 1 aromatic rings. The Morgan fingerprint density at radius 3 is 2.54 bits per heavy atom. The number of alkyl halides is 3. The van der Waals surface area contributed by atoms with Crippen molar-refractivity contribution in [3.05, 3.63) is 29.8 Å². The van der Waals surface area contributed by atoms with Crippen LogP contribution in [0.1, 0.15) is 32.8 Å². The molecule has 1 aliphatic rings. The average Bonchev–Trinajstić information content (AvgIpc) is 2.94. The molecule has 1 amide bonds. The summed E-state index contributed by atoms with van der Waals surface area (Å²) in [5.41, 5.74) is -0.753. The Bertz CT molecular complexity index is 596. The molecule has 134 valence electrons. The molecule has 24 heavy (non-hydrogen) atoms. The van der Waals surface area contributed by atoms with Crippen LogP contribution >= 0.6 is 0 Å². The highest BCUT2D eigenvalue weighted by Gasteiger charge is 2.34. The van der Waals surface area contributed by atoms with Gasteiger partial charge >= 0.3 is 12.3 Å². The lowest BCUT2D eigenvalue weighted by Crippen LogP contribution is -2.39. The minimum Gasteiger partial charge on any atom is -0.444 e. The van der Waals surface area contributed by atoms with Crippen molar-refractivity contribution in [2.75, 3.05) is 25.0 Å². The van der Waals surface area contributed by atoms with E-state index in [-0.39, 0.29) is 12.1 Å². The van der Waals surface area contributed by atoms with Crippen molar-refractivity contribution < 1.29 is 22.7 Å². The molecule has 0 aromatic heterocycles. The molecule has 1 atom stereocenters. The molecule has 0 unspecified atom stereocenters. The smallest absolute Gasteiger partial charge is 0.416 e. The summed E-state index contributed by atoms with van der Waals surface area (Å²) in [5.74, 6) is 0. The van der Waals surface area contributed by atoms with E-state index < -0.39 is 17.3 Å². The second-order valence-electron chi connectivity index (χ2n) is 7.03. The fraction of sp³-hybridized carbons (Fsp3) is 0.588. The van der Waals surface area contributed by atoms with Crippen molar-refractivity contribution in [1.29, 1.82) is 0 Å². The second-order valence-corrected chi connectivity index (χ2v) is 7.03. The molecule has 0 aliphatic carbocycles. The third kappa shape index (κ3) is 4.55. The van der Waals surface area contributed by atoms with E-state index in [1.807, 2.05) is 0 Å². The molecule has 0 saturated carbocycles. The lowest BCUT2D eigenvalue weighted by atomic mass is 10.1. The van der Waals surface area contributed by atoms with Gasteiger partial charge in [0.2, 0.25) is 0 Å². The maximum atomic E-state index is 12.8. The molecular formula is C17H23F3N2O2. The van der Waals surface area contributed by atoms with Crippen molar-refractivity contribution in [3.8, 4) is 0 Å². The number of likely N-dealkylation sites (tertiary alicyclic amines) is 1. The highest BCUT2D eigenvalue weighted by Crippen LogP contribution is 2.32. The molecule has 0 radical (unpaired) electrons. The Labute approximate surface area is 140 Å². The van der Waals surface area contributed by atoms with Crippen LogP contribution in [0.5, 0.6) is 0 Å². The predicted molar refractivity (Wildman–Crippen MR) is 86.1 cm³/mol. The zero-order valence-electron chi connectivity index (χ0n) is 14.4. The van der Waals surface area contributed by atoms with Gasteiger partial charge in [0, 0.05) is 31.9 Å². The molecule has 1 aromatic carbocycles. The largest absolute Gasteiger partial charge is 0.444 e. The molecule has 1 saturated heterocycles. The third-order valence-corrected chi connectivity index (χ3v) is 3.94. The molecular weight excluding hydrogens is 321 g/mol. The molecule has 7 heteroatoms. The highest BCUT2D eigenvalue weighted by atomic mass is 19.4. The number of carbonyl (C=O) groups is 1. The first-order valence-electron chi connectivity index (χ1n) is 7.85. The monoisotopic (exact) mass is 344 g/mol. The molecule has 0 bridgehead atoms. The SMILES string of the molecule is CN(c1cccc(C(F)(F)F)c1)[C@H]1CCN(C(=O)OC(C)(C)C)C1. The number of anilines is 1. The summed E-state index contributed by atoms with van der Waals surface area (Å²) in [6.07, 6.45) is -4.07. The van der Waals surface area contributed by atoms with Gasteiger partial charge in [-0.2, -0.15) is 13.2 Å². The number of rotatable bonds is 2. The van der Waals surface area contributed by atoms with Gasteiger partial charge in [0.15, 0.2) is 0 Å². The number of ether oxygens (including phenoxy) is 1. The highest BCUT2D eigenvalue weighted by molar-refractivity contribution is 5.68. The van der Waals surface area contributed by atoms with Crippen molar-refractivity contribution in [2.24, 2.45) is 0 Å². The van der Waals surface area contributed by atoms with E-state index in [0.717, 1.165) is 12.1 Å². The number of amides is 1. The number of hydrogen-bond donors (Lipinski definition) is 0. The fourth-order valence-electron chi connectivity index (χ4n) is 2.66. The van der Waals surface area contributed by atoms with Crippen LogP contribution in [-0.2, 0) is 10.9 Å². The number of benzene rings is 1. The van der Waals surface area contributed by atoms with Crippen LogP contribution in [0.2, 0.25) is 0 Å². The Hall–Kier alpha value is -1.92. The maximum Gasteiger partial charge on any atom is 0.416 e. The first-order chi connectivity index (χ1) is 11.0. The van der Waals surface area contributed by atoms with Gasteiger partial charge in [0.05, 0.1) is 5.56 Å².